The van der Waals surface area contributed by atoms with Crippen molar-refractivity contribution in [2.45, 2.75) is 33.6 Å². The third-order valence-electron chi connectivity index (χ3n) is 4.26. The van der Waals surface area contributed by atoms with Gasteiger partial charge in [-0.25, -0.2) is 4.98 Å². The Morgan fingerprint density at radius 3 is 2.91 bits per heavy atom. The predicted octanol–water partition coefficient (Wildman–Crippen LogP) is 4.07. The summed E-state index contributed by atoms with van der Waals surface area (Å²) in [5.74, 6) is 2.43. The molecule has 0 spiro atoms. The standard InChI is InChI=1S/C18H24N4/c1-13-6-7-15(3)16(11-13)20-18-19-9-8-17(21-18)22-10-4-5-14(2)12-22/h6-9,11,14H,4-5,10,12H2,1-3H3,(H,19,20,21). The highest BCUT2D eigenvalue weighted by Gasteiger charge is 2.18. The summed E-state index contributed by atoms with van der Waals surface area (Å²) in [6.45, 7) is 8.67. The van der Waals surface area contributed by atoms with Gasteiger partial charge in [0.1, 0.15) is 5.82 Å². The maximum Gasteiger partial charge on any atom is 0.229 e. The average molecular weight is 296 g/mol. The summed E-state index contributed by atoms with van der Waals surface area (Å²) >= 11 is 0. The zero-order valence-electron chi connectivity index (χ0n) is 13.6. The summed E-state index contributed by atoms with van der Waals surface area (Å²) < 4.78 is 0. The van der Waals surface area contributed by atoms with Gasteiger partial charge in [0, 0.05) is 25.0 Å². The van der Waals surface area contributed by atoms with Crippen LogP contribution < -0.4 is 10.2 Å². The van der Waals surface area contributed by atoms with Gasteiger partial charge in [-0.3, -0.25) is 0 Å². The SMILES string of the molecule is Cc1ccc(C)c(Nc2nccc(N3CCCC(C)C3)n2)c1. The van der Waals surface area contributed by atoms with E-state index in [-0.39, 0.29) is 0 Å². The summed E-state index contributed by atoms with van der Waals surface area (Å²) in [5.41, 5.74) is 3.50. The van der Waals surface area contributed by atoms with E-state index in [2.05, 4.69) is 54.2 Å². The van der Waals surface area contributed by atoms with Crippen LogP contribution in [0.1, 0.15) is 30.9 Å². The van der Waals surface area contributed by atoms with Gasteiger partial charge in [0.2, 0.25) is 5.95 Å². The van der Waals surface area contributed by atoms with Gasteiger partial charge in [0.25, 0.3) is 0 Å². The van der Waals surface area contributed by atoms with Gasteiger partial charge in [-0.15, -0.1) is 0 Å². The first kappa shape index (κ1) is 14.8. The lowest BCUT2D eigenvalue weighted by Gasteiger charge is -2.31. The van der Waals surface area contributed by atoms with Crippen molar-refractivity contribution in [3.63, 3.8) is 0 Å². The molecule has 1 saturated heterocycles. The quantitative estimate of drug-likeness (QED) is 0.927. The van der Waals surface area contributed by atoms with Crippen LogP contribution in [0.5, 0.6) is 0 Å². The molecule has 4 nitrogen and oxygen atoms in total. The highest BCUT2D eigenvalue weighted by Crippen LogP contribution is 2.24. The first-order valence-corrected chi connectivity index (χ1v) is 8.04. The van der Waals surface area contributed by atoms with Crippen molar-refractivity contribution < 1.29 is 0 Å². The molecule has 22 heavy (non-hydrogen) atoms. The summed E-state index contributed by atoms with van der Waals surface area (Å²) in [4.78, 5) is 11.4. The third-order valence-corrected chi connectivity index (χ3v) is 4.26. The zero-order valence-corrected chi connectivity index (χ0v) is 13.6. The van der Waals surface area contributed by atoms with E-state index in [0.717, 1.165) is 30.5 Å². The van der Waals surface area contributed by atoms with E-state index in [0.29, 0.717) is 5.95 Å². The van der Waals surface area contributed by atoms with Gasteiger partial charge < -0.3 is 10.2 Å². The van der Waals surface area contributed by atoms with Gasteiger partial charge in [0.15, 0.2) is 0 Å². The number of anilines is 3. The van der Waals surface area contributed by atoms with Crippen LogP contribution in [-0.4, -0.2) is 23.1 Å². The monoisotopic (exact) mass is 296 g/mol. The second-order valence-corrected chi connectivity index (χ2v) is 6.38. The minimum atomic E-state index is 0.671. The topological polar surface area (TPSA) is 41.1 Å². The molecule has 1 N–H and O–H groups in total. The molecule has 0 aliphatic carbocycles. The number of aryl methyl sites for hydroxylation is 2. The van der Waals surface area contributed by atoms with E-state index >= 15 is 0 Å². The normalized spacial score (nSPS) is 18.3. The van der Waals surface area contributed by atoms with Crippen molar-refractivity contribution in [2.24, 2.45) is 5.92 Å². The zero-order chi connectivity index (χ0) is 15.5. The number of hydrogen-bond acceptors (Lipinski definition) is 4. The maximum absolute atomic E-state index is 4.70. The van der Waals surface area contributed by atoms with Crippen molar-refractivity contribution >= 4 is 17.5 Å². The van der Waals surface area contributed by atoms with Crippen LogP contribution in [0.2, 0.25) is 0 Å². The van der Waals surface area contributed by atoms with Crippen LogP contribution >= 0.6 is 0 Å². The van der Waals surface area contributed by atoms with Gasteiger partial charge in [-0.2, -0.15) is 4.98 Å². The fourth-order valence-electron chi connectivity index (χ4n) is 2.97. The molecule has 0 bridgehead atoms. The van der Waals surface area contributed by atoms with Crippen molar-refractivity contribution in [1.82, 2.24) is 9.97 Å². The number of nitrogens with zero attached hydrogens (tertiary/aromatic N) is 3. The Hall–Kier alpha value is -2.10. The van der Waals surface area contributed by atoms with Crippen LogP contribution in [0.25, 0.3) is 0 Å². The second kappa shape index (κ2) is 6.34. The van der Waals surface area contributed by atoms with Crippen LogP contribution in [0, 0.1) is 19.8 Å². The molecule has 116 valence electrons. The van der Waals surface area contributed by atoms with Crippen molar-refractivity contribution in [3.8, 4) is 0 Å². The Balaban J connectivity index is 1.80. The number of rotatable bonds is 3. The molecule has 4 heteroatoms. The molecule has 2 heterocycles. The lowest BCUT2D eigenvalue weighted by molar-refractivity contribution is 0.444. The molecule has 1 aromatic carbocycles. The molecule has 1 atom stereocenters. The van der Waals surface area contributed by atoms with Gasteiger partial charge in [-0.1, -0.05) is 19.1 Å². The summed E-state index contributed by atoms with van der Waals surface area (Å²) in [5, 5.41) is 3.35. The number of hydrogen-bond donors (Lipinski definition) is 1. The number of aromatic nitrogens is 2. The molecular formula is C18H24N4. The van der Waals surface area contributed by atoms with Gasteiger partial charge in [0.05, 0.1) is 0 Å². The van der Waals surface area contributed by atoms with Crippen LogP contribution in [0.4, 0.5) is 17.5 Å². The van der Waals surface area contributed by atoms with E-state index in [1.165, 1.54) is 24.0 Å². The molecule has 1 aromatic heterocycles. The Labute approximate surface area is 132 Å². The number of benzene rings is 1. The smallest absolute Gasteiger partial charge is 0.229 e. The lowest BCUT2D eigenvalue weighted by atomic mass is 10.0. The predicted molar refractivity (Wildman–Crippen MR) is 91.8 cm³/mol. The molecule has 2 aromatic rings. The highest BCUT2D eigenvalue weighted by atomic mass is 15.2. The fourth-order valence-corrected chi connectivity index (χ4v) is 2.97. The maximum atomic E-state index is 4.70. The first-order chi connectivity index (χ1) is 10.6. The minimum Gasteiger partial charge on any atom is -0.356 e. The van der Waals surface area contributed by atoms with E-state index < -0.39 is 0 Å². The van der Waals surface area contributed by atoms with Crippen molar-refractivity contribution in [1.29, 1.82) is 0 Å². The van der Waals surface area contributed by atoms with Crippen LogP contribution in [0.3, 0.4) is 0 Å². The second-order valence-electron chi connectivity index (χ2n) is 6.38. The fraction of sp³-hybridized carbons (Fsp3) is 0.444. The summed E-state index contributed by atoms with van der Waals surface area (Å²) in [7, 11) is 0. The molecule has 3 rings (SSSR count). The van der Waals surface area contributed by atoms with E-state index in [1.807, 2.05) is 12.3 Å². The Morgan fingerprint density at radius 2 is 2.09 bits per heavy atom. The molecular weight excluding hydrogens is 272 g/mol. The third kappa shape index (κ3) is 3.38. The Morgan fingerprint density at radius 1 is 1.23 bits per heavy atom. The molecule has 0 radical (unpaired) electrons. The lowest BCUT2D eigenvalue weighted by Crippen LogP contribution is -2.34. The first-order valence-electron chi connectivity index (χ1n) is 8.04. The minimum absolute atomic E-state index is 0.671. The van der Waals surface area contributed by atoms with Crippen molar-refractivity contribution in [3.05, 3.63) is 41.6 Å². The summed E-state index contributed by atoms with van der Waals surface area (Å²) in [6.07, 6.45) is 4.40. The van der Waals surface area contributed by atoms with Crippen LogP contribution in [-0.2, 0) is 0 Å². The molecule has 0 amide bonds. The van der Waals surface area contributed by atoms with Crippen LogP contribution in [0.15, 0.2) is 30.5 Å². The Bertz CT molecular complexity index is 653. The highest BCUT2D eigenvalue weighted by molar-refractivity contribution is 5.60. The average Bonchev–Trinajstić information content (AvgIpc) is 2.51. The Kier molecular flexibility index (Phi) is 4.27. The molecule has 1 unspecified atom stereocenters. The summed E-state index contributed by atoms with van der Waals surface area (Å²) in [6, 6.07) is 8.38. The largest absolute Gasteiger partial charge is 0.356 e. The van der Waals surface area contributed by atoms with E-state index in [9.17, 15) is 0 Å². The van der Waals surface area contributed by atoms with Crippen molar-refractivity contribution in [2.75, 3.05) is 23.3 Å². The van der Waals surface area contributed by atoms with E-state index in [1.54, 1.807) is 0 Å². The molecule has 1 aliphatic heterocycles. The number of piperidine rings is 1. The molecule has 0 saturated carbocycles. The number of nitrogens with one attached hydrogen (secondary N) is 1. The van der Waals surface area contributed by atoms with E-state index in [4.69, 9.17) is 4.98 Å². The van der Waals surface area contributed by atoms with Gasteiger partial charge in [-0.05, 0) is 55.9 Å². The molecule has 1 fully saturated rings. The molecule has 1 aliphatic rings. The van der Waals surface area contributed by atoms with Gasteiger partial charge >= 0.3 is 0 Å².